The van der Waals surface area contributed by atoms with Gasteiger partial charge in [-0.15, -0.1) is 0 Å². The zero-order valence-electron chi connectivity index (χ0n) is 12.4. The third-order valence-electron chi connectivity index (χ3n) is 4.11. The van der Waals surface area contributed by atoms with Crippen LogP contribution in [0.1, 0.15) is 23.4 Å². The van der Waals surface area contributed by atoms with Gasteiger partial charge >= 0.3 is 0 Å². The van der Waals surface area contributed by atoms with Gasteiger partial charge in [0.15, 0.2) is 0 Å². The summed E-state index contributed by atoms with van der Waals surface area (Å²) in [6.45, 7) is 5.02. The topological polar surface area (TPSA) is 29.3 Å². The van der Waals surface area contributed by atoms with Crippen LogP contribution in [0.5, 0.6) is 0 Å². The summed E-state index contributed by atoms with van der Waals surface area (Å²) in [6, 6.07) is 12.7. The number of aromatic nitrogens is 1. The second-order valence-electron chi connectivity index (χ2n) is 5.74. The first kappa shape index (κ1) is 12.5. The third-order valence-corrected chi connectivity index (χ3v) is 4.11. The highest BCUT2D eigenvalue weighted by Crippen LogP contribution is 2.37. The molecule has 0 aliphatic carbocycles. The molecular formula is C18H18N2O. The van der Waals surface area contributed by atoms with Crippen LogP contribution in [0.15, 0.2) is 40.8 Å². The van der Waals surface area contributed by atoms with Crippen LogP contribution < -0.4 is 4.90 Å². The number of rotatable bonds is 1. The van der Waals surface area contributed by atoms with Gasteiger partial charge in [-0.2, -0.15) is 0 Å². The number of fused-ring (bicyclic) bond motifs is 2. The Labute approximate surface area is 124 Å². The molecule has 0 N–H and O–H groups in total. The van der Waals surface area contributed by atoms with Gasteiger partial charge in [-0.05, 0) is 44.4 Å². The Morgan fingerprint density at radius 2 is 2.00 bits per heavy atom. The summed E-state index contributed by atoms with van der Waals surface area (Å²) in [5.74, 6) is 1.96. The van der Waals surface area contributed by atoms with Crippen molar-refractivity contribution in [2.45, 2.75) is 26.7 Å². The molecule has 3 heterocycles. The highest BCUT2D eigenvalue weighted by atomic mass is 16.3. The lowest BCUT2D eigenvalue weighted by atomic mass is 10.0. The summed E-state index contributed by atoms with van der Waals surface area (Å²) >= 11 is 0. The molecular weight excluding hydrogens is 260 g/mol. The third kappa shape index (κ3) is 2.00. The Morgan fingerprint density at radius 1 is 1.14 bits per heavy atom. The quantitative estimate of drug-likeness (QED) is 0.655. The van der Waals surface area contributed by atoms with Crippen LogP contribution in [0.2, 0.25) is 0 Å². The maximum atomic E-state index is 5.80. The first-order chi connectivity index (χ1) is 10.2. The van der Waals surface area contributed by atoms with Crippen molar-refractivity contribution in [3.8, 4) is 0 Å². The van der Waals surface area contributed by atoms with Gasteiger partial charge in [0, 0.05) is 24.0 Å². The molecule has 3 aromatic rings. The number of aryl methyl sites for hydroxylation is 3. The van der Waals surface area contributed by atoms with E-state index in [-0.39, 0.29) is 0 Å². The van der Waals surface area contributed by atoms with E-state index in [0.29, 0.717) is 0 Å². The van der Waals surface area contributed by atoms with Gasteiger partial charge < -0.3 is 9.32 Å². The monoisotopic (exact) mass is 278 g/mol. The molecule has 0 saturated carbocycles. The number of furan rings is 1. The van der Waals surface area contributed by atoms with Gasteiger partial charge in [-0.25, -0.2) is 4.98 Å². The van der Waals surface area contributed by atoms with Crippen molar-refractivity contribution in [1.82, 2.24) is 4.98 Å². The van der Waals surface area contributed by atoms with Crippen molar-refractivity contribution in [3.63, 3.8) is 0 Å². The van der Waals surface area contributed by atoms with E-state index in [0.717, 1.165) is 47.6 Å². The number of benzene rings is 1. The average molecular weight is 278 g/mol. The summed E-state index contributed by atoms with van der Waals surface area (Å²) in [5, 5.41) is 1.11. The molecule has 0 fully saturated rings. The molecule has 0 atom stereocenters. The molecule has 1 aliphatic rings. The number of para-hydroxylation sites is 1. The minimum absolute atomic E-state index is 0.929. The summed E-state index contributed by atoms with van der Waals surface area (Å²) in [6.07, 6.45) is 2.30. The molecule has 106 valence electrons. The highest BCUT2D eigenvalue weighted by Gasteiger charge is 2.22. The standard InChI is InChI=1S/C18H18N2O/c1-12-10-17-15(11-13(2)21-17)18(19-12)20-9-5-7-14-6-3-4-8-16(14)20/h3-4,6,8,10-11H,5,7,9H2,1-2H3. The average Bonchev–Trinajstić information content (AvgIpc) is 2.86. The van der Waals surface area contributed by atoms with E-state index in [4.69, 9.17) is 9.40 Å². The van der Waals surface area contributed by atoms with Gasteiger partial charge in [-0.3, -0.25) is 0 Å². The van der Waals surface area contributed by atoms with E-state index in [1.165, 1.54) is 11.3 Å². The summed E-state index contributed by atoms with van der Waals surface area (Å²) < 4.78 is 5.80. The Morgan fingerprint density at radius 3 is 2.90 bits per heavy atom. The minimum Gasteiger partial charge on any atom is -0.461 e. The van der Waals surface area contributed by atoms with Crippen molar-refractivity contribution in [3.05, 3.63) is 53.4 Å². The molecule has 0 bridgehead atoms. The van der Waals surface area contributed by atoms with Crippen LogP contribution in [-0.4, -0.2) is 11.5 Å². The first-order valence-corrected chi connectivity index (χ1v) is 7.45. The number of nitrogens with zero attached hydrogens (tertiary/aromatic N) is 2. The fourth-order valence-electron chi connectivity index (χ4n) is 3.22. The molecule has 1 aromatic carbocycles. The van der Waals surface area contributed by atoms with Crippen LogP contribution in [0.25, 0.3) is 11.0 Å². The van der Waals surface area contributed by atoms with E-state index >= 15 is 0 Å². The number of hydrogen-bond acceptors (Lipinski definition) is 3. The number of hydrogen-bond donors (Lipinski definition) is 0. The van der Waals surface area contributed by atoms with Gasteiger partial charge in [0.1, 0.15) is 17.2 Å². The van der Waals surface area contributed by atoms with Gasteiger partial charge in [0.05, 0.1) is 5.39 Å². The van der Waals surface area contributed by atoms with E-state index in [1.807, 2.05) is 19.9 Å². The molecule has 2 aromatic heterocycles. The van der Waals surface area contributed by atoms with E-state index < -0.39 is 0 Å². The molecule has 0 spiro atoms. The van der Waals surface area contributed by atoms with Gasteiger partial charge in [-0.1, -0.05) is 18.2 Å². The second kappa shape index (κ2) is 4.62. The normalized spacial score (nSPS) is 14.5. The molecule has 21 heavy (non-hydrogen) atoms. The van der Waals surface area contributed by atoms with E-state index in [1.54, 1.807) is 0 Å². The maximum Gasteiger partial charge on any atom is 0.144 e. The first-order valence-electron chi connectivity index (χ1n) is 7.45. The molecule has 0 saturated heterocycles. The van der Waals surface area contributed by atoms with Crippen LogP contribution >= 0.6 is 0 Å². The zero-order chi connectivity index (χ0) is 14.4. The predicted octanol–water partition coefficient (Wildman–Crippen LogP) is 4.53. The Bertz CT molecular complexity index is 819. The van der Waals surface area contributed by atoms with E-state index in [2.05, 4.69) is 35.2 Å². The lowest BCUT2D eigenvalue weighted by molar-refractivity contribution is 0.578. The second-order valence-corrected chi connectivity index (χ2v) is 5.74. The predicted molar refractivity (Wildman–Crippen MR) is 85.3 cm³/mol. The fourth-order valence-corrected chi connectivity index (χ4v) is 3.22. The Balaban J connectivity index is 1.95. The van der Waals surface area contributed by atoms with Crippen molar-refractivity contribution in [2.75, 3.05) is 11.4 Å². The van der Waals surface area contributed by atoms with Crippen molar-refractivity contribution in [1.29, 1.82) is 0 Å². The molecule has 4 rings (SSSR count). The highest BCUT2D eigenvalue weighted by molar-refractivity contribution is 5.92. The smallest absolute Gasteiger partial charge is 0.144 e. The zero-order valence-corrected chi connectivity index (χ0v) is 12.4. The Kier molecular flexibility index (Phi) is 2.74. The molecule has 3 heteroatoms. The van der Waals surface area contributed by atoms with Crippen LogP contribution in [0.3, 0.4) is 0 Å². The van der Waals surface area contributed by atoms with Crippen LogP contribution in [0.4, 0.5) is 11.5 Å². The molecule has 0 radical (unpaired) electrons. The minimum atomic E-state index is 0.929. The fraction of sp³-hybridized carbons (Fsp3) is 0.278. The van der Waals surface area contributed by atoms with Crippen molar-refractivity contribution < 1.29 is 4.42 Å². The largest absolute Gasteiger partial charge is 0.461 e. The maximum absolute atomic E-state index is 5.80. The summed E-state index contributed by atoms with van der Waals surface area (Å²) in [4.78, 5) is 7.14. The molecule has 1 aliphatic heterocycles. The van der Waals surface area contributed by atoms with Crippen molar-refractivity contribution in [2.24, 2.45) is 0 Å². The Hall–Kier alpha value is -2.29. The van der Waals surface area contributed by atoms with Crippen LogP contribution in [-0.2, 0) is 6.42 Å². The van der Waals surface area contributed by atoms with Crippen molar-refractivity contribution >= 4 is 22.5 Å². The van der Waals surface area contributed by atoms with Gasteiger partial charge in [0.2, 0.25) is 0 Å². The van der Waals surface area contributed by atoms with Crippen LogP contribution in [0, 0.1) is 13.8 Å². The van der Waals surface area contributed by atoms with Gasteiger partial charge in [0.25, 0.3) is 0 Å². The lowest BCUT2D eigenvalue weighted by Crippen LogP contribution is -2.25. The number of pyridine rings is 1. The molecule has 0 amide bonds. The summed E-state index contributed by atoms with van der Waals surface area (Å²) in [5.41, 5.74) is 4.61. The summed E-state index contributed by atoms with van der Waals surface area (Å²) in [7, 11) is 0. The molecule has 0 unspecified atom stereocenters. The molecule has 3 nitrogen and oxygen atoms in total. The SMILES string of the molecule is Cc1cc2oc(C)cc2c(N2CCCc3ccccc32)n1. The number of anilines is 2. The van der Waals surface area contributed by atoms with E-state index in [9.17, 15) is 0 Å². The lowest BCUT2D eigenvalue weighted by Gasteiger charge is -2.30.